The smallest absolute Gasteiger partial charge is 0.0885 e. The molecule has 2 heteroatoms. The molecule has 1 heterocycles. The first-order valence-corrected chi connectivity index (χ1v) is 5.47. The summed E-state index contributed by atoms with van der Waals surface area (Å²) in [4.78, 5) is 2.42. The lowest BCUT2D eigenvalue weighted by Gasteiger charge is -2.05. The van der Waals surface area contributed by atoms with Gasteiger partial charge in [-0.2, -0.15) is 0 Å². The van der Waals surface area contributed by atoms with E-state index in [1.54, 1.807) is 11.3 Å². The summed E-state index contributed by atoms with van der Waals surface area (Å²) < 4.78 is 0. The van der Waals surface area contributed by atoms with Crippen LogP contribution in [-0.2, 0) is 6.42 Å². The first-order valence-electron chi connectivity index (χ1n) is 4.65. The molecule has 1 aromatic heterocycles. The minimum atomic E-state index is -0.303. The van der Waals surface area contributed by atoms with Crippen molar-refractivity contribution in [2.75, 3.05) is 0 Å². The van der Waals surface area contributed by atoms with E-state index in [-0.39, 0.29) is 6.10 Å². The monoisotopic (exact) mass is 196 g/mol. The molecule has 72 valence electrons. The Balaban J connectivity index is 2.54. The van der Waals surface area contributed by atoms with E-state index in [1.165, 1.54) is 4.88 Å². The zero-order valence-electron chi connectivity index (χ0n) is 7.99. The number of rotatable bonds is 5. The summed E-state index contributed by atoms with van der Waals surface area (Å²) in [5.41, 5.74) is 0. The fourth-order valence-corrected chi connectivity index (χ4v) is 2.15. The molecule has 0 spiro atoms. The van der Waals surface area contributed by atoms with Crippen molar-refractivity contribution >= 4 is 11.3 Å². The number of aryl methyl sites for hydroxylation is 1. The number of allylic oxidation sites excluding steroid dienone is 1. The Bertz CT molecular complexity index is 265. The predicted molar refractivity (Wildman–Crippen MR) is 58.1 cm³/mol. The number of thiophene rings is 1. The van der Waals surface area contributed by atoms with Crippen LogP contribution in [0.4, 0.5) is 0 Å². The van der Waals surface area contributed by atoms with Crippen molar-refractivity contribution in [2.45, 2.75) is 32.3 Å². The summed E-state index contributed by atoms with van der Waals surface area (Å²) in [7, 11) is 0. The van der Waals surface area contributed by atoms with Crippen molar-refractivity contribution in [2.24, 2.45) is 0 Å². The molecule has 0 bridgehead atoms. The third kappa shape index (κ3) is 2.98. The molecule has 0 saturated heterocycles. The SMILES string of the molecule is C=CCCC(O)c1ccc(CC)s1. The lowest BCUT2D eigenvalue weighted by atomic mass is 10.1. The molecule has 1 atom stereocenters. The molecule has 0 fully saturated rings. The van der Waals surface area contributed by atoms with Gasteiger partial charge in [-0.1, -0.05) is 13.0 Å². The van der Waals surface area contributed by atoms with Crippen molar-refractivity contribution in [1.82, 2.24) is 0 Å². The Kier molecular flexibility index (Phi) is 4.19. The predicted octanol–water partition coefficient (Wildman–Crippen LogP) is 3.31. The van der Waals surface area contributed by atoms with E-state index < -0.39 is 0 Å². The van der Waals surface area contributed by atoms with Crippen LogP contribution in [-0.4, -0.2) is 5.11 Å². The summed E-state index contributed by atoms with van der Waals surface area (Å²) in [6, 6.07) is 4.12. The fourth-order valence-electron chi connectivity index (χ4n) is 1.18. The maximum Gasteiger partial charge on any atom is 0.0885 e. The van der Waals surface area contributed by atoms with Crippen molar-refractivity contribution in [3.63, 3.8) is 0 Å². The highest BCUT2D eigenvalue weighted by Crippen LogP contribution is 2.26. The van der Waals surface area contributed by atoms with Gasteiger partial charge >= 0.3 is 0 Å². The summed E-state index contributed by atoms with van der Waals surface area (Å²) in [6.07, 6.45) is 4.26. The van der Waals surface area contributed by atoms with Gasteiger partial charge in [0.2, 0.25) is 0 Å². The highest BCUT2D eigenvalue weighted by molar-refractivity contribution is 7.12. The topological polar surface area (TPSA) is 20.2 Å². The molecule has 0 aliphatic rings. The second-order valence-electron chi connectivity index (χ2n) is 3.04. The van der Waals surface area contributed by atoms with Crippen LogP contribution in [0.5, 0.6) is 0 Å². The Morgan fingerprint density at radius 1 is 1.62 bits per heavy atom. The molecular formula is C11H16OS. The molecule has 0 aliphatic carbocycles. The molecule has 0 amide bonds. The molecule has 1 aromatic rings. The largest absolute Gasteiger partial charge is 0.388 e. The first kappa shape index (κ1) is 10.5. The summed E-state index contributed by atoms with van der Waals surface area (Å²) >= 11 is 1.71. The molecule has 0 aliphatic heterocycles. The number of hydrogen-bond donors (Lipinski definition) is 1. The maximum atomic E-state index is 9.72. The van der Waals surface area contributed by atoms with E-state index in [4.69, 9.17) is 0 Å². The van der Waals surface area contributed by atoms with Gasteiger partial charge in [0.05, 0.1) is 6.10 Å². The second-order valence-corrected chi connectivity index (χ2v) is 4.24. The lowest BCUT2D eigenvalue weighted by Crippen LogP contribution is -1.92. The van der Waals surface area contributed by atoms with Gasteiger partial charge in [-0.25, -0.2) is 0 Å². The number of hydrogen-bond acceptors (Lipinski definition) is 2. The summed E-state index contributed by atoms with van der Waals surface area (Å²) in [6.45, 7) is 5.77. The average molecular weight is 196 g/mol. The Labute approximate surface area is 83.7 Å². The first-order chi connectivity index (χ1) is 6.27. The average Bonchev–Trinajstić information content (AvgIpc) is 2.62. The van der Waals surface area contributed by atoms with Crippen LogP contribution in [0.15, 0.2) is 24.8 Å². The number of aliphatic hydroxyl groups is 1. The van der Waals surface area contributed by atoms with E-state index in [0.29, 0.717) is 0 Å². The minimum Gasteiger partial charge on any atom is -0.388 e. The molecule has 1 unspecified atom stereocenters. The maximum absolute atomic E-state index is 9.72. The van der Waals surface area contributed by atoms with E-state index in [0.717, 1.165) is 24.1 Å². The third-order valence-electron chi connectivity index (χ3n) is 2.00. The zero-order valence-corrected chi connectivity index (χ0v) is 8.81. The van der Waals surface area contributed by atoms with Crippen molar-refractivity contribution in [1.29, 1.82) is 0 Å². The van der Waals surface area contributed by atoms with Crippen LogP contribution in [0, 0.1) is 0 Å². The van der Waals surface area contributed by atoms with Gasteiger partial charge in [-0.3, -0.25) is 0 Å². The molecule has 1 N–H and O–H groups in total. The molecule has 13 heavy (non-hydrogen) atoms. The summed E-state index contributed by atoms with van der Waals surface area (Å²) in [5.74, 6) is 0. The van der Waals surface area contributed by atoms with Gasteiger partial charge < -0.3 is 5.11 Å². The standard InChI is InChI=1S/C11H16OS/c1-3-5-6-10(12)11-8-7-9(4-2)13-11/h3,7-8,10,12H,1,4-6H2,2H3. The lowest BCUT2D eigenvalue weighted by molar-refractivity contribution is 0.172. The molecule has 1 rings (SSSR count). The second kappa shape index (κ2) is 5.20. The van der Waals surface area contributed by atoms with Crippen LogP contribution in [0.25, 0.3) is 0 Å². The van der Waals surface area contributed by atoms with Crippen LogP contribution in [0.3, 0.4) is 0 Å². The minimum absolute atomic E-state index is 0.303. The van der Waals surface area contributed by atoms with E-state index in [1.807, 2.05) is 12.1 Å². The van der Waals surface area contributed by atoms with Gasteiger partial charge in [0.1, 0.15) is 0 Å². The highest BCUT2D eigenvalue weighted by atomic mass is 32.1. The van der Waals surface area contributed by atoms with Gasteiger partial charge in [-0.05, 0) is 31.4 Å². The van der Waals surface area contributed by atoms with E-state index in [9.17, 15) is 5.11 Å². The Morgan fingerprint density at radius 3 is 2.92 bits per heavy atom. The van der Waals surface area contributed by atoms with Gasteiger partial charge in [0, 0.05) is 9.75 Å². The molecule has 0 saturated carbocycles. The van der Waals surface area contributed by atoms with Gasteiger partial charge in [0.25, 0.3) is 0 Å². The van der Waals surface area contributed by atoms with Gasteiger partial charge in [0.15, 0.2) is 0 Å². The zero-order chi connectivity index (χ0) is 9.68. The van der Waals surface area contributed by atoms with Crippen LogP contribution < -0.4 is 0 Å². The summed E-state index contributed by atoms with van der Waals surface area (Å²) in [5, 5.41) is 9.72. The van der Waals surface area contributed by atoms with Gasteiger partial charge in [-0.15, -0.1) is 17.9 Å². The van der Waals surface area contributed by atoms with Crippen molar-refractivity contribution < 1.29 is 5.11 Å². The van der Waals surface area contributed by atoms with Crippen LogP contribution >= 0.6 is 11.3 Å². The molecule has 0 radical (unpaired) electrons. The number of aliphatic hydroxyl groups excluding tert-OH is 1. The Morgan fingerprint density at radius 2 is 2.38 bits per heavy atom. The normalized spacial score (nSPS) is 12.8. The van der Waals surface area contributed by atoms with E-state index >= 15 is 0 Å². The van der Waals surface area contributed by atoms with Crippen LogP contribution in [0.1, 0.15) is 35.6 Å². The molecule has 0 aromatic carbocycles. The third-order valence-corrected chi connectivity index (χ3v) is 3.33. The quantitative estimate of drug-likeness (QED) is 0.716. The van der Waals surface area contributed by atoms with Crippen molar-refractivity contribution in [3.8, 4) is 0 Å². The Hall–Kier alpha value is -0.600. The van der Waals surface area contributed by atoms with Crippen molar-refractivity contribution in [3.05, 3.63) is 34.5 Å². The van der Waals surface area contributed by atoms with Crippen LogP contribution in [0.2, 0.25) is 0 Å². The fraction of sp³-hybridized carbons (Fsp3) is 0.455. The molecule has 1 nitrogen and oxygen atoms in total. The van der Waals surface area contributed by atoms with E-state index in [2.05, 4.69) is 19.6 Å². The molecular weight excluding hydrogens is 180 g/mol. The highest BCUT2D eigenvalue weighted by Gasteiger charge is 2.08.